The molecule has 6 nitrogen and oxygen atoms in total. The predicted octanol–water partition coefficient (Wildman–Crippen LogP) is 0.834. The van der Waals surface area contributed by atoms with Gasteiger partial charge in [-0.05, 0) is 27.2 Å². The zero-order chi connectivity index (χ0) is 16.1. The van der Waals surface area contributed by atoms with Gasteiger partial charge in [0.15, 0.2) is 0 Å². The maximum Gasteiger partial charge on any atom is 0.307 e. The van der Waals surface area contributed by atoms with E-state index >= 15 is 0 Å². The number of morpholine rings is 1. The number of hydrogen-bond donors (Lipinski definition) is 1. The second kappa shape index (κ2) is 7.89. The molecule has 1 amide bonds. The molecule has 0 saturated carbocycles. The first kappa shape index (κ1) is 17.2. The van der Waals surface area contributed by atoms with Gasteiger partial charge in [0.05, 0.1) is 12.2 Å². The first-order chi connectivity index (χ1) is 10.5. The van der Waals surface area contributed by atoms with Crippen molar-refractivity contribution < 1.29 is 9.53 Å². The lowest BCUT2D eigenvalue weighted by Gasteiger charge is -2.35. The van der Waals surface area contributed by atoms with E-state index in [1.54, 1.807) is 5.38 Å². The Labute approximate surface area is 135 Å². The van der Waals surface area contributed by atoms with Crippen LogP contribution in [0, 0.1) is 6.92 Å². The summed E-state index contributed by atoms with van der Waals surface area (Å²) in [6, 6.07) is 0. The fourth-order valence-corrected chi connectivity index (χ4v) is 3.53. The Morgan fingerprint density at radius 1 is 1.41 bits per heavy atom. The van der Waals surface area contributed by atoms with Crippen LogP contribution < -0.4 is 10.2 Å². The van der Waals surface area contributed by atoms with Crippen molar-refractivity contribution in [3.63, 3.8) is 0 Å². The van der Waals surface area contributed by atoms with Gasteiger partial charge in [-0.3, -0.25) is 19.1 Å². The Hall–Kier alpha value is -1.18. The summed E-state index contributed by atoms with van der Waals surface area (Å²) in [7, 11) is 0. The highest BCUT2D eigenvalue weighted by atomic mass is 32.1. The van der Waals surface area contributed by atoms with Crippen molar-refractivity contribution in [3.05, 3.63) is 20.7 Å². The Morgan fingerprint density at radius 3 is 2.68 bits per heavy atom. The van der Waals surface area contributed by atoms with Gasteiger partial charge in [0.1, 0.15) is 6.54 Å². The van der Waals surface area contributed by atoms with Gasteiger partial charge in [-0.15, -0.1) is 0 Å². The van der Waals surface area contributed by atoms with Gasteiger partial charge in [-0.1, -0.05) is 11.3 Å². The molecule has 2 atom stereocenters. The molecule has 1 saturated heterocycles. The average molecular weight is 327 g/mol. The highest BCUT2D eigenvalue weighted by Crippen LogP contribution is 2.10. The molecule has 0 spiro atoms. The lowest BCUT2D eigenvalue weighted by molar-refractivity contribution is -0.121. The molecule has 2 rings (SSSR count). The highest BCUT2D eigenvalue weighted by Gasteiger charge is 2.21. The monoisotopic (exact) mass is 327 g/mol. The third kappa shape index (κ3) is 4.93. The Balaban J connectivity index is 1.66. The van der Waals surface area contributed by atoms with Crippen LogP contribution in [-0.2, 0) is 16.1 Å². The largest absolute Gasteiger partial charge is 0.373 e. The van der Waals surface area contributed by atoms with E-state index in [0.29, 0.717) is 6.54 Å². The van der Waals surface area contributed by atoms with E-state index < -0.39 is 0 Å². The van der Waals surface area contributed by atoms with E-state index in [0.717, 1.165) is 43.1 Å². The second-order valence-electron chi connectivity index (χ2n) is 5.95. The van der Waals surface area contributed by atoms with Crippen molar-refractivity contribution in [1.29, 1.82) is 0 Å². The summed E-state index contributed by atoms with van der Waals surface area (Å²) in [5.74, 6) is -0.104. The van der Waals surface area contributed by atoms with Crippen molar-refractivity contribution >= 4 is 17.2 Å². The lowest BCUT2D eigenvalue weighted by atomic mass is 10.2. The van der Waals surface area contributed by atoms with Crippen LogP contribution >= 0.6 is 11.3 Å². The molecule has 7 heteroatoms. The number of nitrogens with zero attached hydrogens (tertiary/aromatic N) is 2. The molecule has 0 aromatic carbocycles. The molecular weight excluding hydrogens is 302 g/mol. The maximum atomic E-state index is 11.9. The maximum absolute atomic E-state index is 11.9. The summed E-state index contributed by atoms with van der Waals surface area (Å²) in [5, 5.41) is 4.66. The molecule has 1 aromatic rings. The molecule has 2 unspecified atom stereocenters. The van der Waals surface area contributed by atoms with E-state index in [1.165, 1.54) is 4.57 Å². The van der Waals surface area contributed by atoms with E-state index in [2.05, 4.69) is 24.1 Å². The minimum Gasteiger partial charge on any atom is -0.373 e. The quantitative estimate of drug-likeness (QED) is 0.786. The van der Waals surface area contributed by atoms with E-state index in [9.17, 15) is 9.59 Å². The zero-order valence-electron chi connectivity index (χ0n) is 13.5. The fourth-order valence-electron chi connectivity index (χ4n) is 2.79. The molecule has 0 radical (unpaired) electrons. The van der Waals surface area contributed by atoms with Crippen LogP contribution in [0.2, 0.25) is 0 Å². The third-order valence-corrected chi connectivity index (χ3v) is 4.63. The Kier molecular flexibility index (Phi) is 6.16. The number of carbonyl (C=O) groups is 1. The van der Waals surface area contributed by atoms with Gasteiger partial charge in [0.25, 0.3) is 0 Å². The summed E-state index contributed by atoms with van der Waals surface area (Å²) in [4.78, 5) is 25.7. The SMILES string of the molecule is Cc1csc(=O)n1CC(=O)NCCCN1CC(C)OC(C)C1. The number of aromatic nitrogens is 1. The van der Waals surface area contributed by atoms with Crippen molar-refractivity contribution in [2.45, 2.75) is 45.9 Å². The molecule has 1 aliphatic rings. The standard InChI is InChI=1S/C15H25N3O3S/c1-11-10-22-15(20)18(11)9-14(19)16-5-4-6-17-7-12(2)21-13(3)8-17/h10,12-13H,4-9H2,1-3H3,(H,16,19). The van der Waals surface area contributed by atoms with Crippen molar-refractivity contribution in [2.24, 2.45) is 0 Å². The first-order valence-corrected chi connectivity index (χ1v) is 8.63. The smallest absolute Gasteiger partial charge is 0.307 e. The minimum absolute atomic E-state index is 0.0797. The summed E-state index contributed by atoms with van der Waals surface area (Å²) in [5.41, 5.74) is 0.835. The molecule has 2 heterocycles. The third-order valence-electron chi connectivity index (χ3n) is 3.75. The first-order valence-electron chi connectivity index (χ1n) is 7.75. The van der Waals surface area contributed by atoms with Gasteiger partial charge >= 0.3 is 4.87 Å². The topological polar surface area (TPSA) is 63.6 Å². The molecule has 1 aromatic heterocycles. The lowest BCUT2D eigenvalue weighted by Crippen LogP contribution is -2.46. The van der Waals surface area contributed by atoms with Crippen LogP contribution in [0.5, 0.6) is 0 Å². The van der Waals surface area contributed by atoms with E-state index in [1.807, 2.05) is 6.92 Å². The molecule has 1 fully saturated rings. The van der Waals surface area contributed by atoms with Gasteiger partial charge in [-0.2, -0.15) is 0 Å². The summed E-state index contributed by atoms with van der Waals surface area (Å²) in [6.45, 7) is 9.61. The number of thiazole rings is 1. The summed E-state index contributed by atoms with van der Waals surface area (Å²) >= 11 is 1.13. The second-order valence-corrected chi connectivity index (χ2v) is 6.77. The van der Waals surface area contributed by atoms with Crippen molar-refractivity contribution in [3.8, 4) is 0 Å². The van der Waals surface area contributed by atoms with E-state index in [4.69, 9.17) is 4.74 Å². The normalized spacial score (nSPS) is 22.7. The number of nitrogens with one attached hydrogen (secondary N) is 1. The van der Waals surface area contributed by atoms with Gasteiger partial charge in [-0.25, -0.2) is 0 Å². The molecule has 0 bridgehead atoms. The Bertz CT molecular complexity index is 544. The number of ether oxygens (including phenoxy) is 1. The number of hydrogen-bond acceptors (Lipinski definition) is 5. The van der Waals surface area contributed by atoms with Gasteiger partial charge in [0, 0.05) is 37.3 Å². The molecule has 1 N–H and O–H groups in total. The number of amides is 1. The fraction of sp³-hybridized carbons (Fsp3) is 0.733. The van der Waals surface area contributed by atoms with Gasteiger partial charge < -0.3 is 10.1 Å². The molecule has 1 aliphatic heterocycles. The molecule has 124 valence electrons. The van der Waals surface area contributed by atoms with Crippen LogP contribution in [0.3, 0.4) is 0 Å². The van der Waals surface area contributed by atoms with Crippen LogP contribution in [0.25, 0.3) is 0 Å². The van der Waals surface area contributed by atoms with Crippen molar-refractivity contribution in [1.82, 2.24) is 14.8 Å². The summed E-state index contributed by atoms with van der Waals surface area (Å²) in [6.07, 6.45) is 1.45. The molecule has 0 aliphatic carbocycles. The highest BCUT2D eigenvalue weighted by molar-refractivity contribution is 7.07. The van der Waals surface area contributed by atoms with Crippen LogP contribution in [0.4, 0.5) is 0 Å². The van der Waals surface area contributed by atoms with Crippen LogP contribution in [0.15, 0.2) is 10.2 Å². The number of carbonyl (C=O) groups excluding carboxylic acids is 1. The molecular formula is C15H25N3O3S. The Morgan fingerprint density at radius 2 is 2.09 bits per heavy atom. The predicted molar refractivity (Wildman–Crippen MR) is 87.4 cm³/mol. The van der Waals surface area contributed by atoms with Crippen LogP contribution in [-0.4, -0.2) is 53.8 Å². The number of aryl methyl sites for hydroxylation is 1. The van der Waals surface area contributed by atoms with Crippen molar-refractivity contribution in [2.75, 3.05) is 26.2 Å². The average Bonchev–Trinajstić information content (AvgIpc) is 2.74. The number of rotatable bonds is 6. The van der Waals surface area contributed by atoms with Gasteiger partial charge in [0.2, 0.25) is 5.91 Å². The zero-order valence-corrected chi connectivity index (χ0v) is 14.3. The summed E-state index contributed by atoms with van der Waals surface area (Å²) < 4.78 is 7.20. The minimum atomic E-state index is -0.104. The molecule has 22 heavy (non-hydrogen) atoms. The van der Waals surface area contributed by atoms with Crippen LogP contribution in [0.1, 0.15) is 26.0 Å². The van der Waals surface area contributed by atoms with E-state index in [-0.39, 0.29) is 29.5 Å².